The first-order chi connectivity index (χ1) is 8.16. The molecule has 1 aliphatic rings. The molecule has 1 aromatic heterocycles. The molecule has 1 heterocycles. The Balaban J connectivity index is 2.05. The minimum Gasteiger partial charge on any atom is -0.478 e. The van der Waals surface area contributed by atoms with Gasteiger partial charge in [0.1, 0.15) is 5.03 Å². The highest BCUT2D eigenvalue weighted by Crippen LogP contribution is 2.36. The first-order valence-electron chi connectivity index (χ1n) is 6.02. The van der Waals surface area contributed by atoms with Gasteiger partial charge in [-0.15, -0.1) is 11.8 Å². The fourth-order valence-corrected chi connectivity index (χ4v) is 3.38. The smallest absolute Gasteiger partial charge is 0.338 e. The van der Waals surface area contributed by atoms with Gasteiger partial charge in [0, 0.05) is 11.4 Å². The van der Waals surface area contributed by atoms with Crippen molar-refractivity contribution >= 4 is 17.7 Å². The number of hydrogen-bond donors (Lipinski definition) is 1. The van der Waals surface area contributed by atoms with Crippen molar-refractivity contribution in [3.05, 3.63) is 23.9 Å². The molecule has 3 nitrogen and oxygen atoms in total. The van der Waals surface area contributed by atoms with Crippen LogP contribution in [0.25, 0.3) is 0 Å². The molecule has 17 heavy (non-hydrogen) atoms. The van der Waals surface area contributed by atoms with Crippen LogP contribution in [0.2, 0.25) is 0 Å². The van der Waals surface area contributed by atoms with E-state index in [1.807, 2.05) is 0 Å². The molecule has 0 spiro atoms. The molecule has 0 amide bonds. The van der Waals surface area contributed by atoms with Crippen molar-refractivity contribution in [2.24, 2.45) is 5.92 Å². The normalized spacial score (nSPS) is 24.5. The summed E-state index contributed by atoms with van der Waals surface area (Å²) in [5.74, 6) is -0.0701. The average molecular weight is 251 g/mol. The molecule has 0 radical (unpaired) electrons. The molecule has 0 aromatic carbocycles. The van der Waals surface area contributed by atoms with Gasteiger partial charge in [-0.25, -0.2) is 9.78 Å². The number of thioether (sulfide) groups is 1. The molecule has 0 bridgehead atoms. The van der Waals surface area contributed by atoms with Crippen LogP contribution in [0, 0.1) is 5.92 Å². The fourth-order valence-electron chi connectivity index (χ4n) is 2.15. The SMILES string of the molecule is CC1CCC(Sc2ncccc2C(=O)O)CC1. The van der Waals surface area contributed by atoms with Crippen molar-refractivity contribution in [2.75, 3.05) is 0 Å². The number of aromatic nitrogens is 1. The van der Waals surface area contributed by atoms with Crippen molar-refractivity contribution in [1.29, 1.82) is 0 Å². The largest absolute Gasteiger partial charge is 0.478 e. The highest BCUT2D eigenvalue weighted by Gasteiger charge is 2.21. The standard InChI is InChI=1S/C13H17NO2S/c1-9-4-6-10(7-5-9)17-12-11(13(15)16)3-2-8-14-12/h2-3,8-10H,4-7H2,1H3,(H,15,16). The molecule has 1 fully saturated rings. The third-order valence-corrected chi connectivity index (χ3v) is 4.60. The molecule has 0 saturated heterocycles. The molecule has 1 aromatic rings. The van der Waals surface area contributed by atoms with Gasteiger partial charge >= 0.3 is 5.97 Å². The van der Waals surface area contributed by atoms with Crippen LogP contribution in [0.5, 0.6) is 0 Å². The second-order valence-electron chi connectivity index (χ2n) is 4.66. The lowest BCUT2D eigenvalue weighted by molar-refractivity contribution is 0.0692. The molecule has 1 saturated carbocycles. The van der Waals surface area contributed by atoms with E-state index >= 15 is 0 Å². The Labute approximate surface area is 106 Å². The van der Waals surface area contributed by atoms with Gasteiger partial charge in [0.05, 0.1) is 5.56 Å². The van der Waals surface area contributed by atoms with Crippen LogP contribution in [0.3, 0.4) is 0 Å². The van der Waals surface area contributed by atoms with Crippen molar-refractivity contribution in [3.8, 4) is 0 Å². The number of carbonyl (C=O) groups is 1. The van der Waals surface area contributed by atoms with E-state index in [0.29, 0.717) is 15.8 Å². The van der Waals surface area contributed by atoms with Crippen LogP contribution in [-0.2, 0) is 0 Å². The van der Waals surface area contributed by atoms with Crippen LogP contribution in [0.1, 0.15) is 43.0 Å². The Hall–Kier alpha value is -1.03. The van der Waals surface area contributed by atoms with E-state index in [1.165, 1.54) is 25.7 Å². The highest BCUT2D eigenvalue weighted by atomic mass is 32.2. The topological polar surface area (TPSA) is 50.2 Å². The summed E-state index contributed by atoms with van der Waals surface area (Å²) in [4.78, 5) is 15.3. The lowest BCUT2D eigenvalue weighted by atomic mass is 9.91. The third-order valence-electron chi connectivity index (χ3n) is 3.24. The van der Waals surface area contributed by atoms with E-state index in [9.17, 15) is 4.79 Å². The summed E-state index contributed by atoms with van der Waals surface area (Å²) in [5, 5.41) is 10.3. The number of nitrogens with zero attached hydrogens (tertiary/aromatic N) is 1. The lowest BCUT2D eigenvalue weighted by Gasteiger charge is -2.25. The van der Waals surface area contributed by atoms with Gasteiger partial charge in [0.15, 0.2) is 0 Å². The maximum atomic E-state index is 11.1. The van der Waals surface area contributed by atoms with Crippen LogP contribution in [-0.4, -0.2) is 21.3 Å². The van der Waals surface area contributed by atoms with Gasteiger partial charge in [-0.3, -0.25) is 0 Å². The third kappa shape index (κ3) is 3.22. The molecule has 0 aliphatic heterocycles. The van der Waals surface area contributed by atoms with E-state index in [0.717, 1.165) is 5.92 Å². The maximum Gasteiger partial charge on any atom is 0.338 e. The van der Waals surface area contributed by atoms with Crippen molar-refractivity contribution in [3.63, 3.8) is 0 Å². The minimum absolute atomic E-state index is 0.330. The highest BCUT2D eigenvalue weighted by molar-refractivity contribution is 7.99. The van der Waals surface area contributed by atoms with E-state index in [2.05, 4.69) is 11.9 Å². The summed E-state index contributed by atoms with van der Waals surface area (Å²) in [6, 6.07) is 3.31. The van der Waals surface area contributed by atoms with Crippen molar-refractivity contribution in [1.82, 2.24) is 4.98 Å². The van der Waals surface area contributed by atoms with Crippen molar-refractivity contribution < 1.29 is 9.90 Å². The summed E-state index contributed by atoms with van der Waals surface area (Å²) in [6.45, 7) is 2.28. The minimum atomic E-state index is -0.884. The van der Waals surface area contributed by atoms with E-state index in [1.54, 1.807) is 30.1 Å². The Bertz CT molecular complexity index is 400. The molecular weight excluding hydrogens is 234 g/mol. The molecule has 4 heteroatoms. The number of carboxylic acid groups (broad SMARTS) is 1. The zero-order chi connectivity index (χ0) is 12.3. The first kappa shape index (κ1) is 12.4. The van der Waals surface area contributed by atoms with E-state index in [-0.39, 0.29) is 0 Å². The maximum absolute atomic E-state index is 11.1. The van der Waals surface area contributed by atoms with Crippen LogP contribution < -0.4 is 0 Å². The molecule has 0 atom stereocenters. The summed E-state index contributed by atoms with van der Waals surface area (Å²) >= 11 is 1.63. The second-order valence-corrected chi connectivity index (χ2v) is 5.95. The Morgan fingerprint density at radius 1 is 1.41 bits per heavy atom. The van der Waals surface area contributed by atoms with E-state index in [4.69, 9.17) is 5.11 Å². The monoisotopic (exact) mass is 251 g/mol. The van der Waals surface area contributed by atoms with Crippen LogP contribution in [0.4, 0.5) is 0 Å². The van der Waals surface area contributed by atoms with E-state index < -0.39 is 5.97 Å². The summed E-state index contributed by atoms with van der Waals surface area (Å²) in [6.07, 6.45) is 6.49. The fraction of sp³-hybridized carbons (Fsp3) is 0.538. The van der Waals surface area contributed by atoms with Gasteiger partial charge in [0.2, 0.25) is 0 Å². The van der Waals surface area contributed by atoms with Gasteiger partial charge in [-0.1, -0.05) is 6.92 Å². The predicted molar refractivity (Wildman–Crippen MR) is 68.5 cm³/mol. The lowest BCUT2D eigenvalue weighted by Crippen LogP contribution is -2.14. The summed E-state index contributed by atoms with van der Waals surface area (Å²) in [5.41, 5.74) is 0.330. The summed E-state index contributed by atoms with van der Waals surface area (Å²) < 4.78 is 0. The van der Waals surface area contributed by atoms with Gasteiger partial charge in [-0.05, 0) is 43.7 Å². The molecule has 1 aliphatic carbocycles. The molecule has 2 rings (SSSR count). The number of carboxylic acids is 1. The van der Waals surface area contributed by atoms with Gasteiger partial charge in [-0.2, -0.15) is 0 Å². The zero-order valence-corrected chi connectivity index (χ0v) is 10.7. The molecule has 92 valence electrons. The molecular formula is C13H17NO2S. The van der Waals surface area contributed by atoms with Crippen molar-refractivity contribution in [2.45, 2.75) is 42.9 Å². The van der Waals surface area contributed by atoms with Gasteiger partial charge < -0.3 is 5.11 Å². The predicted octanol–water partition coefficient (Wildman–Crippen LogP) is 3.45. The van der Waals surface area contributed by atoms with Crippen LogP contribution >= 0.6 is 11.8 Å². The Morgan fingerprint density at radius 3 is 2.76 bits per heavy atom. The van der Waals surface area contributed by atoms with Crippen LogP contribution in [0.15, 0.2) is 23.4 Å². The quantitative estimate of drug-likeness (QED) is 0.894. The Morgan fingerprint density at radius 2 is 2.12 bits per heavy atom. The first-order valence-corrected chi connectivity index (χ1v) is 6.89. The molecule has 1 N–H and O–H groups in total. The molecule has 0 unspecified atom stereocenters. The zero-order valence-electron chi connectivity index (χ0n) is 9.93. The number of aromatic carboxylic acids is 1. The van der Waals surface area contributed by atoms with Gasteiger partial charge in [0.25, 0.3) is 0 Å². The Kier molecular flexibility index (Phi) is 4.05. The average Bonchev–Trinajstić information content (AvgIpc) is 2.32. The second kappa shape index (κ2) is 5.54. The number of hydrogen-bond acceptors (Lipinski definition) is 3. The number of pyridine rings is 1. The summed E-state index contributed by atoms with van der Waals surface area (Å²) in [7, 11) is 0. The number of rotatable bonds is 3.